The molecule has 2 rings (SSSR count). The van der Waals surface area contributed by atoms with Gasteiger partial charge in [0.2, 0.25) is 11.8 Å². The van der Waals surface area contributed by atoms with E-state index >= 15 is 0 Å². The number of halogens is 4. The Morgan fingerprint density at radius 1 is 1.00 bits per heavy atom. The van der Waals surface area contributed by atoms with Gasteiger partial charge in [0.1, 0.15) is 18.1 Å². The lowest BCUT2D eigenvalue weighted by Gasteiger charge is -2.08. The minimum absolute atomic E-state index is 0.188. The third-order valence-corrected chi connectivity index (χ3v) is 3.84. The summed E-state index contributed by atoms with van der Waals surface area (Å²) in [7, 11) is 0. The molecule has 0 aliphatic rings. The fourth-order valence-corrected chi connectivity index (χ4v) is 2.56. The van der Waals surface area contributed by atoms with E-state index in [1.165, 1.54) is 0 Å². The van der Waals surface area contributed by atoms with Crippen molar-refractivity contribution in [2.45, 2.75) is 12.8 Å². The van der Waals surface area contributed by atoms with Crippen LogP contribution in [-0.2, 0) is 16.0 Å². The predicted molar refractivity (Wildman–Crippen MR) is 92.8 cm³/mol. The average Bonchev–Trinajstić information content (AvgIpc) is 2.52. The highest BCUT2D eigenvalue weighted by molar-refractivity contribution is 6.35. The lowest BCUT2D eigenvalue weighted by Crippen LogP contribution is -2.29. The number of rotatable bonds is 6. The minimum Gasteiger partial charge on any atom is -0.355 e. The average molecular weight is 387 g/mol. The van der Waals surface area contributed by atoms with Crippen molar-refractivity contribution in [2.75, 3.05) is 11.9 Å². The maximum Gasteiger partial charge on any atom is 0.233 e. The van der Waals surface area contributed by atoms with Crippen LogP contribution < -0.4 is 10.6 Å². The number of benzene rings is 2. The maximum absolute atomic E-state index is 13.4. The number of amides is 2. The molecule has 2 amide bonds. The van der Waals surface area contributed by atoms with Gasteiger partial charge < -0.3 is 10.6 Å². The van der Waals surface area contributed by atoms with Crippen LogP contribution in [0.2, 0.25) is 10.0 Å². The van der Waals surface area contributed by atoms with Crippen LogP contribution in [0.4, 0.5) is 14.5 Å². The summed E-state index contributed by atoms with van der Waals surface area (Å²) >= 11 is 11.8. The van der Waals surface area contributed by atoms with Crippen LogP contribution in [-0.4, -0.2) is 18.4 Å². The molecule has 0 bridgehead atoms. The second-order valence-electron chi connectivity index (χ2n) is 5.18. The van der Waals surface area contributed by atoms with Crippen LogP contribution in [0.25, 0.3) is 0 Å². The summed E-state index contributed by atoms with van der Waals surface area (Å²) in [5.74, 6) is -2.89. The first-order valence-electron chi connectivity index (χ1n) is 7.30. The lowest BCUT2D eigenvalue weighted by atomic mass is 10.1. The van der Waals surface area contributed by atoms with Crippen LogP contribution >= 0.6 is 23.2 Å². The van der Waals surface area contributed by atoms with Crippen molar-refractivity contribution in [3.63, 3.8) is 0 Å². The molecule has 0 saturated carbocycles. The van der Waals surface area contributed by atoms with Gasteiger partial charge in [-0.25, -0.2) is 8.78 Å². The molecule has 2 aromatic carbocycles. The molecule has 0 unspecified atom stereocenters. The van der Waals surface area contributed by atoms with E-state index in [-0.39, 0.29) is 12.2 Å². The Bertz CT molecular complexity index is 800. The van der Waals surface area contributed by atoms with Gasteiger partial charge >= 0.3 is 0 Å². The SMILES string of the molecule is O=C(CC(=O)Nc1ccc(F)cc1F)NCCc1ccc(Cl)cc1Cl. The first kappa shape index (κ1) is 19.1. The zero-order valence-corrected chi connectivity index (χ0v) is 14.4. The Morgan fingerprint density at radius 3 is 2.44 bits per heavy atom. The highest BCUT2D eigenvalue weighted by Gasteiger charge is 2.12. The van der Waals surface area contributed by atoms with Crippen molar-refractivity contribution in [3.05, 3.63) is 63.6 Å². The van der Waals surface area contributed by atoms with Gasteiger partial charge in [0, 0.05) is 22.7 Å². The molecule has 0 aliphatic carbocycles. The molecule has 2 aromatic rings. The van der Waals surface area contributed by atoms with Crippen molar-refractivity contribution in [2.24, 2.45) is 0 Å². The van der Waals surface area contributed by atoms with Crippen LogP contribution in [0, 0.1) is 11.6 Å². The van der Waals surface area contributed by atoms with Gasteiger partial charge in [0.25, 0.3) is 0 Å². The molecular weight excluding hydrogens is 373 g/mol. The Morgan fingerprint density at radius 2 is 1.76 bits per heavy atom. The maximum atomic E-state index is 13.4. The normalized spacial score (nSPS) is 10.4. The summed E-state index contributed by atoms with van der Waals surface area (Å²) < 4.78 is 26.2. The van der Waals surface area contributed by atoms with E-state index in [0.29, 0.717) is 22.5 Å². The molecule has 0 atom stereocenters. The van der Waals surface area contributed by atoms with Gasteiger partial charge in [-0.2, -0.15) is 0 Å². The molecule has 2 N–H and O–H groups in total. The van der Waals surface area contributed by atoms with Crippen molar-refractivity contribution in [3.8, 4) is 0 Å². The first-order valence-corrected chi connectivity index (χ1v) is 8.06. The summed E-state index contributed by atoms with van der Waals surface area (Å²) in [6, 6.07) is 7.78. The number of anilines is 1. The zero-order valence-electron chi connectivity index (χ0n) is 12.9. The van der Waals surface area contributed by atoms with E-state index < -0.39 is 29.9 Å². The number of hydrogen-bond acceptors (Lipinski definition) is 2. The van der Waals surface area contributed by atoms with Crippen LogP contribution in [0.1, 0.15) is 12.0 Å². The summed E-state index contributed by atoms with van der Waals surface area (Å²) in [4.78, 5) is 23.4. The van der Waals surface area contributed by atoms with Crippen molar-refractivity contribution < 1.29 is 18.4 Å². The highest BCUT2D eigenvalue weighted by Crippen LogP contribution is 2.21. The number of carbonyl (C=O) groups excluding carboxylic acids is 2. The van der Waals surface area contributed by atoms with Gasteiger partial charge in [-0.3, -0.25) is 9.59 Å². The third kappa shape index (κ3) is 5.99. The molecule has 4 nitrogen and oxygen atoms in total. The summed E-state index contributed by atoms with van der Waals surface area (Å²) in [6.45, 7) is 0.276. The van der Waals surface area contributed by atoms with Crippen molar-refractivity contribution in [1.82, 2.24) is 5.32 Å². The fourth-order valence-electron chi connectivity index (χ4n) is 2.05. The molecule has 0 saturated heterocycles. The van der Waals surface area contributed by atoms with E-state index in [2.05, 4.69) is 10.6 Å². The highest BCUT2D eigenvalue weighted by atomic mass is 35.5. The van der Waals surface area contributed by atoms with Crippen LogP contribution in [0.3, 0.4) is 0 Å². The standard InChI is InChI=1S/C17H14Cl2F2N2O2/c18-11-2-1-10(13(19)7-11)5-6-22-16(24)9-17(25)23-15-4-3-12(20)8-14(15)21/h1-4,7-8H,5-6,9H2,(H,22,24)(H,23,25). The van der Waals surface area contributed by atoms with E-state index in [1.54, 1.807) is 18.2 Å². The van der Waals surface area contributed by atoms with Crippen LogP contribution in [0.5, 0.6) is 0 Å². The minimum atomic E-state index is -0.911. The van der Waals surface area contributed by atoms with Gasteiger partial charge in [-0.05, 0) is 36.2 Å². The van der Waals surface area contributed by atoms with Crippen molar-refractivity contribution >= 4 is 40.7 Å². The molecule has 0 aromatic heterocycles. The fraction of sp³-hybridized carbons (Fsp3) is 0.176. The Kier molecular flexibility index (Phi) is 6.73. The molecule has 132 valence electrons. The second kappa shape index (κ2) is 8.78. The second-order valence-corrected chi connectivity index (χ2v) is 6.03. The molecule has 0 radical (unpaired) electrons. The monoisotopic (exact) mass is 386 g/mol. The van der Waals surface area contributed by atoms with Crippen molar-refractivity contribution in [1.29, 1.82) is 0 Å². The van der Waals surface area contributed by atoms with Gasteiger partial charge in [0.15, 0.2) is 0 Å². The van der Waals surface area contributed by atoms with E-state index in [9.17, 15) is 18.4 Å². The molecule has 0 spiro atoms. The molecule has 0 aliphatic heterocycles. The smallest absolute Gasteiger partial charge is 0.233 e. The number of carbonyl (C=O) groups is 2. The van der Waals surface area contributed by atoms with E-state index in [0.717, 1.165) is 17.7 Å². The largest absolute Gasteiger partial charge is 0.355 e. The zero-order chi connectivity index (χ0) is 18.4. The summed E-state index contributed by atoms with van der Waals surface area (Å²) in [6.07, 6.45) is -0.0128. The third-order valence-electron chi connectivity index (χ3n) is 3.26. The quantitative estimate of drug-likeness (QED) is 0.738. The topological polar surface area (TPSA) is 58.2 Å². The molecule has 25 heavy (non-hydrogen) atoms. The molecule has 0 fully saturated rings. The molecular formula is C17H14Cl2F2N2O2. The first-order chi connectivity index (χ1) is 11.8. The van der Waals surface area contributed by atoms with E-state index in [1.807, 2.05) is 0 Å². The predicted octanol–water partition coefficient (Wildman–Crippen LogP) is 3.96. The Labute approximate surface area is 153 Å². The van der Waals surface area contributed by atoms with Gasteiger partial charge in [-0.15, -0.1) is 0 Å². The van der Waals surface area contributed by atoms with E-state index in [4.69, 9.17) is 23.2 Å². The lowest BCUT2D eigenvalue weighted by molar-refractivity contribution is -0.126. The number of hydrogen-bond donors (Lipinski definition) is 2. The summed E-state index contributed by atoms with van der Waals surface area (Å²) in [5, 5.41) is 5.79. The Hall–Kier alpha value is -2.18. The molecule has 8 heteroatoms. The van der Waals surface area contributed by atoms with Gasteiger partial charge in [-0.1, -0.05) is 29.3 Å². The molecule has 0 heterocycles. The van der Waals surface area contributed by atoms with Crippen LogP contribution in [0.15, 0.2) is 36.4 Å². The Balaban J connectivity index is 1.78. The summed E-state index contributed by atoms with van der Waals surface area (Å²) in [5.41, 5.74) is 0.622. The van der Waals surface area contributed by atoms with Gasteiger partial charge in [0.05, 0.1) is 5.69 Å². The number of nitrogens with one attached hydrogen (secondary N) is 2.